The van der Waals surface area contributed by atoms with Crippen LogP contribution in [-0.2, 0) is 14.3 Å². The van der Waals surface area contributed by atoms with Gasteiger partial charge in [0.15, 0.2) is 5.76 Å². The SMILES string of the molecule is CCOC(=O)C1CCCN(C(=O)CN(C)C(=O)c2oc3c(C)ccc(C)c3c2C)C1. The topological polar surface area (TPSA) is 80.1 Å². The summed E-state index contributed by atoms with van der Waals surface area (Å²) in [6.45, 7) is 8.76. The summed E-state index contributed by atoms with van der Waals surface area (Å²) >= 11 is 0. The Balaban J connectivity index is 1.71. The smallest absolute Gasteiger partial charge is 0.310 e. The molecule has 1 aliphatic rings. The number of rotatable bonds is 5. The molecule has 1 aromatic heterocycles. The van der Waals surface area contributed by atoms with Gasteiger partial charge in [-0.2, -0.15) is 0 Å². The Kier molecular flexibility index (Phi) is 6.48. The highest BCUT2D eigenvalue weighted by atomic mass is 16.5. The van der Waals surface area contributed by atoms with E-state index in [9.17, 15) is 14.4 Å². The number of nitrogens with zero attached hydrogens (tertiary/aromatic N) is 2. The fourth-order valence-electron chi connectivity index (χ4n) is 4.08. The lowest BCUT2D eigenvalue weighted by Gasteiger charge is -2.32. The highest BCUT2D eigenvalue weighted by molar-refractivity contribution is 6.01. The van der Waals surface area contributed by atoms with Crippen molar-refractivity contribution >= 4 is 28.8 Å². The van der Waals surface area contributed by atoms with Crippen LogP contribution in [0.5, 0.6) is 0 Å². The largest absolute Gasteiger partial charge is 0.466 e. The first kappa shape index (κ1) is 21.9. The van der Waals surface area contributed by atoms with E-state index in [0.29, 0.717) is 31.7 Å². The van der Waals surface area contributed by atoms with Crippen molar-refractivity contribution in [1.29, 1.82) is 0 Å². The molecule has 7 heteroatoms. The number of ether oxygens (including phenoxy) is 1. The van der Waals surface area contributed by atoms with Gasteiger partial charge in [0.25, 0.3) is 5.91 Å². The maximum absolute atomic E-state index is 13.0. The average molecular weight is 415 g/mol. The number of hydrogen-bond donors (Lipinski definition) is 0. The molecule has 0 radical (unpaired) electrons. The standard InChI is InChI=1S/C23H30N2O5/c1-6-29-23(28)17-8-7-11-25(12-17)18(26)13-24(5)22(27)21-16(4)19-14(2)9-10-15(3)20(19)30-21/h9-10,17H,6-8,11-13H2,1-5H3. The van der Waals surface area contributed by atoms with Crippen molar-refractivity contribution in [3.63, 3.8) is 0 Å². The zero-order valence-corrected chi connectivity index (χ0v) is 18.4. The van der Waals surface area contributed by atoms with Gasteiger partial charge in [-0.3, -0.25) is 14.4 Å². The van der Waals surface area contributed by atoms with E-state index < -0.39 is 0 Å². The van der Waals surface area contributed by atoms with Gasteiger partial charge in [-0.25, -0.2) is 0 Å². The number of benzene rings is 1. The number of likely N-dealkylation sites (N-methyl/N-ethyl adjacent to an activating group) is 1. The Morgan fingerprint density at radius 1 is 1.20 bits per heavy atom. The van der Waals surface area contributed by atoms with Gasteiger partial charge in [-0.1, -0.05) is 12.1 Å². The highest BCUT2D eigenvalue weighted by Crippen LogP contribution is 2.31. The minimum Gasteiger partial charge on any atom is -0.466 e. The van der Waals surface area contributed by atoms with E-state index in [1.54, 1.807) is 18.9 Å². The molecule has 0 bridgehead atoms. The van der Waals surface area contributed by atoms with Gasteiger partial charge in [0.2, 0.25) is 5.91 Å². The van der Waals surface area contributed by atoms with E-state index in [2.05, 4.69) is 0 Å². The first-order chi connectivity index (χ1) is 14.2. The molecule has 1 aromatic carbocycles. The lowest BCUT2D eigenvalue weighted by atomic mass is 9.98. The van der Waals surface area contributed by atoms with Crippen molar-refractivity contribution in [2.45, 2.75) is 40.5 Å². The summed E-state index contributed by atoms with van der Waals surface area (Å²) in [7, 11) is 1.60. The third kappa shape index (κ3) is 4.20. The summed E-state index contributed by atoms with van der Waals surface area (Å²) in [5.41, 5.74) is 3.52. The third-order valence-electron chi connectivity index (χ3n) is 5.79. The second-order valence-corrected chi connectivity index (χ2v) is 8.05. The van der Waals surface area contributed by atoms with Crippen LogP contribution in [0.25, 0.3) is 11.0 Å². The molecule has 0 aliphatic carbocycles. The molecule has 1 unspecified atom stereocenters. The Bertz CT molecular complexity index is 978. The predicted molar refractivity (Wildman–Crippen MR) is 113 cm³/mol. The maximum atomic E-state index is 13.0. The Hall–Kier alpha value is -2.83. The van der Waals surface area contributed by atoms with E-state index in [0.717, 1.165) is 28.5 Å². The third-order valence-corrected chi connectivity index (χ3v) is 5.79. The molecule has 2 heterocycles. The van der Waals surface area contributed by atoms with Crippen LogP contribution >= 0.6 is 0 Å². The fourth-order valence-corrected chi connectivity index (χ4v) is 4.08. The van der Waals surface area contributed by atoms with Gasteiger partial charge in [0, 0.05) is 31.1 Å². The number of furan rings is 1. The van der Waals surface area contributed by atoms with E-state index in [1.807, 2.05) is 32.9 Å². The van der Waals surface area contributed by atoms with E-state index in [1.165, 1.54) is 4.90 Å². The molecule has 0 spiro atoms. The Morgan fingerprint density at radius 2 is 1.90 bits per heavy atom. The number of likely N-dealkylation sites (tertiary alicyclic amines) is 1. The van der Waals surface area contributed by atoms with Crippen LogP contribution in [-0.4, -0.2) is 60.9 Å². The number of piperidine rings is 1. The summed E-state index contributed by atoms with van der Waals surface area (Å²) in [6.07, 6.45) is 1.46. The number of carbonyl (C=O) groups excluding carboxylic acids is 3. The zero-order valence-electron chi connectivity index (χ0n) is 18.4. The normalized spacial score (nSPS) is 16.6. The average Bonchev–Trinajstić information content (AvgIpc) is 3.09. The first-order valence-corrected chi connectivity index (χ1v) is 10.4. The molecule has 2 aromatic rings. The molecule has 3 rings (SSSR count). The Morgan fingerprint density at radius 3 is 2.57 bits per heavy atom. The molecule has 7 nitrogen and oxygen atoms in total. The Labute approximate surface area is 176 Å². The summed E-state index contributed by atoms with van der Waals surface area (Å²) in [6, 6.07) is 3.98. The molecule has 1 fully saturated rings. The van der Waals surface area contributed by atoms with E-state index in [4.69, 9.17) is 9.15 Å². The number of aryl methyl sites for hydroxylation is 3. The van der Waals surface area contributed by atoms with Gasteiger partial charge in [0.05, 0.1) is 19.1 Å². The number of fused-ring (bicyclic) bond motifs is 1. The van der Waals surface area contributed by atoms with Gasteiger partial charge >= 0.3 is 5.97 Å². The molecule has 162 valence electrons. The zero-order chi connectivity index (χ0) is 22.0. The first-order valence-electron chi connectivity index (χ1n) is 10.4. The molecule has 0 saturated carbocycles. The summed E-state index contributed by atoms with van der Waals surface area (Å²) in [4.78, 5) is 40.9. The van der Waals surface area contributed by atoms with Gasteiger partial charge in [-0.05, 0) is 51.7 Å². The van der Waals surface area contributed by atoms with Gasteiger partial charge in [0.1, 0.15) is 5.58 Å². The minimum atomic E-state index is -0.324. The van der Waals surface area contributed by atoms with Crippen molar-refractivity contribution in [1.82, 2.24) is 9.80 Å². The van der Waals surface area contributed by atoms with Crippen molar-refractivity contribution < 1.29 is 23.5 Å². The number of carbonyl (C=O) groups is 3. The van der Waals surface area contributed by atoms with Crippen molar-refractivity contribution in [3.8, 4) is 0 Å². The molecule has 2 amide bonds. The maximum Gasteiger partial charge on any atom is 0.310 e. The summed E-state index contributed by atoms with van der Waals surface area (Å²) in [5, 5.41) is 0.950. The molecule has 1 saturated heterocycles. The fraction of sp³-hybridized carbons (Fsp3) is 0.522. The van der Waals surface area contributed by atoms with Crippen LogP contribution < -0.4 is 0 Å². The van der Waals surface area contributed by atoms with Crippen LogP contribution in [0, 0.1) is 26.7 Å². The molecule has 0 N–H and O–H groups in total. The lowest BCUT2D eigenvalue weighted by molar-refractivity contribution is -0.151. The van der Waals surface area contributed by atoms with Crippen LogP contribution in [0.3, 0.4) is 0 Å². The molecule has 30 heavy (non-hydrogen) atoms. The monoisotopic (exact) mass is 414 g/mol. The van der Waals surface area contributed by atoms with Crippen LogP contribution in [0.15, 0.2) is 16.5 Å². The highest BCUT2D eigenvalue weighted by Gasteiger charge is 2.31. The summed E-state index contributed by atoms with van der Waals surface area (Å²) in [5.74, 6) is -0.799. The minimum absolute atomic E-state index is 0.0666. The summed E-state index contributed by atoms with van der Waals surface area (Å²) < 4.78 is 11.0. The predicted octanol–water partition coefficient (Wildman–Crippen LogP) is 3.23. The number of hydrogen-bond acceptors (Lipinski definition) is 5. The van der Waals surface area contributed by atoms with E-state index >= 15 is 0 Å². The van der Waals surface area contributed by atoms with E-state index in [-0.39, 0.29) is 36.0 Å². The second-order valence-electron chi connectivity index (χ2n) is 8.05. The quantitative estimate of drug-likeness (QED) is 0.702. The number of amides is 2. The second kappa shape index (κ2) is 8.90. The lowest BCUT2D eigenvalue weighted by Crippen LogP contribution is -2.47. The van der Waals surface area contributed by atoms with Crippen molar-refractivity contribution in [2.24, 2.45) is 5.92 Å². The number of esters is 1. The molecular formula is C23H30N2O5. The van der Waals surface area contributed by atoms with Crippen molar-refractivity contribution in [3.05, 3.63) is 34.6 Å². The molecule has 1 aliphatic heterocycles. The van der Waals surface area contributed by atoms with Crippen LogP contribution in [0.1, 0.15) is 47.0 Å². The van der Waals surface area contributed by atoms with Crippen LogP contribution in [0.4, 0.5) is 0 Å². The molecule has 1 atom stereocenters. The molecular weight excluding hydrogens is 384 g/mol. The van der Waals surface area contributed by atoms with Gasteiger partial charge < -0.3 is 19.0 Å². The van der Waals surface area contributed by atoms with Crippen LogP contribution in [0.2, 0.25) is 0 Å². The van der Waals surface area contributed by atoms with Crippen molar-refractivity contribution in [2.75, 3.05) is 33.3 Å². The van der Waals surface area contributed by atoms with Gasteiger partial charge in [-0.15, -0.1) is 0 Å².